The summed E-state index contributed by atoms with van der Waals surface area (Å²) in [6.07, 6.45) is 0.819. The molecule has 2 heterocycles. The molecule has 1 atom stereocenters. The van der Waals surface area contributed by atoms with Crippen LogP contribution in [-0.2, 0) is 10.2 Å². The van der Waals surface area contributed by atoms with Gasteiger partial charge in [-0.15, -0.1) is 0 Å². The first kappa shape index (κ1) is 20.3. The van der Waals surface area contributed by atoms with Crippen LogP contribution in [0.25, 0.3) is 0 Å². The van der Waals surface area contributed by atoms with Crippen molar-refractivity contribution < 1.29 is 8.42 Å². The third kappa shape index (κ3) is 4.33. The zero-order chi connectivity index (χ0) is 20.4. The number of rotatable bonds is 4. The summed E-state index contributed by atoms with van der Waals surface area (Å²) >= 11 is 6.04. The molecular formula is C21H25ClN4O2S. The maximum absolute atomic E-state index is 13.4. The number of halogens is 1. The Morgan fingerprint density at radius 2 is 1.69 bits per heavy atom. The van der Waals surface area contributed by atoms with Crippen LogP contribution in [0.2, 0.25) is 5.02 Å². The van der Waals surface area contributed by atoms with Crippen LogP contribution in [0.4, 0.5) is 0 Å². The van der Waals surface area contributed by atoms with E-state index in [1.54, 1.807) is 4.31 Å². The molecule has 29 heavy (non-hydrogen) atoms. The Kier molecular flexibility index (Phi) is 5.92. The highest BCUT2D eigenvalue weighted by Crippen LogP contribution is 2.31. The highest BCUT2D eigenvalue weighted by atomic mass is 35.5. The molecule has 1 saturated heterocycles. The van der Waals surface area contributed by atoms with E-state index >= 15 is 0 Å². The van der Waals surface area contributed by atoms with Crippen LogP contribution in [0.5, 0.6) is 0 Å². The summed E-state index contributed by atoms with van der Waals surface area (Å²) in [5.41, 5.74) is 2.69. The minimum absolute atomic E-state index is 0.123. The normalized spacial score (nSPS) is 21.8. The molecule has 2 aromatic rings. The molecule has 2 aliphatic rings. The minimum atomic E-state index is -3.67. The monoisotopic (exact) mass is 432 g/mol. The van der Waals surface area contributed by atoms with Gasteiger partial charge < -0.3 is 4.90 Å². The fourth-order valence-electron chi connectivity index (χ4n) is 3.83. The summed E-state index contributed by atoms with van der Waals surface area (Å²) in [6.45, 7) is 2.93. The molecule has 0 N–H and O–H groups in total. The maximum Gasteiger partial charge on any atom is 0.319 e. The van der Waals surface area contributed by atoms with Crippen molar-refractivity contribution in [2.24, 2.45) is 5.10 Å². The van der Waals surface area contributed by atoms with E-state index in [1.807, 2.05) is 61.6 Å². The van der Waals surface area contributed by atoms with Crippen LogP contribution in [-0.4, -0.2) is 67.5 Å². The van der Waals surface area contributed by atoms with Crippen molar-refractivity contribution in [3.63, 3.8) is 0 Å². The number of likely N-dealkylation sites (N-methyl/N-ethyl adjacent to an activating group) is 1. The fourth-order valence-corrected chi connectivity index (χ4v) is 5.43. The molecule has 0 radical (unpaired) electrons. The number of hydrogen-bond donors (Lipinski definition) is 0. The molecule has 6 nitrogen and oxygen atoms in total. The Balaban J connectivity index is 1.68. The van der Waals surface area contributed by atoms with Gasteiger partial charge in [-0.2, -0.15) is 22.2 Å². The molecule has 0 saturated carbocycles. The highest BCUT2D eigenvalue weighted by molar-refractivity contribution is 7.86. The van der Waals surface area contributed by atoms with E-state index in [1.165, 1.54) is 4.41 Å². The van der Waals surface area contributed by atoms with E-state index in [4.69, 9.17) is 11.6 Å². The van der Waals surface area contributed by atoms with Gasteiger partial charge in [0, 0.05) is 30.6 Å². The van der Waals surface area contributed by atoms with Gasteiger partial charge in [0.2, 0.25) is 0 Å². The van der Waals surface area contributed by atoms with E-state index in [0.29, 0.717) is 24.7 Å². The SMILES string of the molecule is CN1CCCN(S(=O)(=O)N2CC(c3ccccc3)C(c3ccc(Cl)cc3)=N2)CC1. The molecule has 8 heteroatoms. The molecule has 154 valence electrons. The molecule has 0 spiro atoms. The molecule has 1 unspecified atom stereocenters. The lowest BCUT2D eigenvalue weighted by Gasteiger charge is -2.25. The molecule has 0 aliphatic carbocycles. The topological polar surface area (TPSA) is 56.2 Å². The first-order valence-corrected chi connectivity index (χ1v) is 11.6. The predicted molar refractivity (Wildman–Crippen MR) is 116 cm³/mol. The van der Waals surface area contributed by atoms with Crippen molar-refractivity contribution in [3.05, 3.63) is 70.7 Å². The quantitative estimate of drug-likeness (QED) is 0.746. The lowest BCUT2D eigenvalue weighted by atomic mass is 9.91. The maximum atomic E-state index is 13.4. The molecule has 0 bridgehead atoms. The van der Waals surface area contributed by atoms with E-state index in [0.717, 1.165) is 36.3 Å². The summed E-state index contributed by atoms with van der Waals surface area (Å²) < 4.78 is 29.6. The second kappa shape index (κ2) is 8.44. The second-order valence-corrected chi connectivity index (χ2v) is 9.79. The average Bonchev–Trinajstić information content (AvgIpc) is 3.06. The summed E-state index contributed by atoms with van der Waals surface area (Å²) in [6, 6.07) is 17.3. The molecular weight excluding hydrogens is 408 g/mol. The highest BCUT2D eigenvalue weighted by Gasteiger charge is 2.38. The Morgan fingerprint density at radius 1 is 0.966 bits per heavy atom. The number of hydrazone groups is 1. The van der Waals surface area contributed by atoms with Gasteiger partial charge in [-0.05, 0) is 43.3 Å². The third-order valence-electron chi connectivity index (χ3n) is 5.50. The van der Waals surface area contributed by atoms with Crippen molar-refractivity contribution in [1.82, 2.24) is 13.6 Å². The van der Waals surface area contributed by atoms with Crippen molar-refractivity contribution in [1.29, 1.82) is 0 Å². The molecule has 0 amide bonds. The summed E-state index contributed by atoms with van der Waals surface area (Å²) in [7, 11) is -1.65. The molecule has 1 fully saturated rings. The standard InChI is InChI=1S/C21H25ClN4O2S/c1-24-12-5-13-25(15-14-24)29(27,28)26-16-20(17-6-3-2-4-7-17)21(23-26)18-8-10-19(22)11-9-18/h2-4,6-11,20H,5,12-16H2,1H3. The van der Waals surface area contributed by atoms with Crippen LogP contribution in [0, 0.1) is 0 Å². The second-order valence-electron chi connectivity index (χ2n) is 7.52. The van der Waals surface area contributed by atoms with E-state index in [-0.39, 0.29) is 5.92 Å². The van der Waals surface area contributed by atoms with E-state index in [9.17, 15) is 8.42 Å². The zero-order valence-electron chi connectivity index (χ0n) is 16.4. The molecule has 2 aliphatic heterocycles. The Bertz CT molecular complexity index is 980. The number of benzene rings is 2. The van der Waals surface area contributed by atoms with E-state index in [2.05, 4.69) is 10.0 Å². The van der Waals surface area contributed by atoms with Crippen LogP contribution >= 0.6 is 11.6 Å². The number of nitrogens with zero attached hydrogens (tertiary/aromatic N) is 4. The predicted octanol–water partition coefficient (Wildman–Crippen LogP) is 3.03. The molecule has 0 aromatic heterocycles. The van der Waals surface area contributed by atoms with Gasteiger partial charge >= 0.3 is 10.2 Å². The van der Waals surface area contributed by atoms with Gasteiger partial charge in [-0.25, -0.2) is 0 Å². The van der Waals surface area contributed by atoms with Crippen LogP contribution < -0.4 is 0 Å². The van der Waals surface area contributed by atoms with Crippen LogP contribution in [0.3, 0.4) is 0 Å². The first-order chi connectivity index (χ1) is 13.9. The van der Waals surface area contributed by atoms with Crippen LogP contribution in [0.1, 0.15) is 23.5 Å². The number of hydrogen-bond acceptors (Lipinski definition) is 4. The first-order valence-electron chi connectivity index (χ1n) is 9.81. The average molecular weight is 433 g/mol. The van der Waals surface area contributed by atoms with Crippen molar-refractivity contribution in [3.8, 4) is 0 Å². The Morgan fingerprint density at radius 3 is 2.41 bits per heavy atom. The van der Waals surface area contributed by atoms with Gasteiger partial charge in [0.1, 0.15) is 0 Å². The van der Waals surface area contributed by atoms with Gasteiger partial charge in [-0.3, -0.25) is 0 Å². The Labute approximate surface area is 177 Å². The lowest BCUT2D eigenvalue weighted by Crippen LogP contribution is -2.42. The van der Waals surface area contributed by atoms with Crippen molar-refractivity contribution in [2.45, 2.75) is 12.3 Å². The van der Waals surface area contributed by atoms with Gasteiger partial charge in [0.15, 0.2) is 0 Å². The molecule has 2 aromatic carbocycles. The smallest absolute Gasteiger partial charge is 0.305 e. The third-order valence-corrected chi connectivity index (χ3v) is 7.53. The fraction of sp³-hybridized carbons (Fsp3) is 0.381. The van der Waals surface area contributed by atoms with Gasteiger partial charge in [0.25, 0.3) is 0 Å². The summed E-state index contributed by atoms with van der Waals surface area (Å²) in [5.74, 6) is -0.123. The largest absolute Gasteiger partial charge is 0.319 e. The van der Waals surface area contributed by atoms with Crippen LogP contribution in [0.15, 0.2) is 59.7 Å². The lowest BCUT2D eigenvalue weighted by molar-refractivity contribution is 0.333. The zero-order valence-corrected chi connectivity index (χ0v) is 18.0. The minimum Gasteiger partial charge on any atom is -0.305 e. The molecule has 4 rings (SSSR count). The van der Waals surface area contributed by atoms with Crippen molar-refractivity contribution in [2.75, 3.05) is 39.8 Å². The van der Waals surface area contributed by atoms with Gasteiger partial charge in [0.05, 0.1) is 12.3 Å². The van der Waals surface area contributed by atoms with Gasteiger partial charge in [-0.1, -0.05) is 54.1 Å². The van der Waals surface area contributed by atoms with Crippen molar-refractivity contribution >= 4 is 27.5 Å². The Hall–Kier alpha value is -1.93. The summed E-state index contributed by atoms with van der Waals surface area (Å²) in [4.78, 5) is 2.16. The summed E-state index contributed by atoms with van der Waals surface area (Å²) in [5, 5.41) is 5.25. The van der Waals surface area contributed by atoms with E-state index < -0.39 is 10.2 Å².